The monoisotopic (exact) mass is 496 g/mol. The van der Waals surface area contributed by atoms with Crippen molar-refractivity contribution in [2.24, 2.45) is 0 Å². The lowest BCUT2D eigenvalue weighted by molar-refractivity contribution is -0.160. The molecule has 35 heavy (non-hydrogen) atoms. The standard InChI is InChI=1S/C21H14F6N6O2/c22-20(23,24)18-29-16(31-34-18)11-1-5-13(6-2-11)33(15-9-28-10-15)14-7-3-12(4-8-14)17-30-19(35-32-17)21(25,26)27/h1-8,15,28H,9-10H2. The molecule has 0 aliphatic carbocycles. The molecule has 182 valence electrons. The summed E-state index contributed by atoms with van der Waals surface area (Å²) in [6.07, 6.45) is -9.47. The number of anilines is 2. The highest BCUT2D eigenvalue weighted by atomic mass is 19.4. The maximum atomic E-state index is 12.7. The van der Waals surface area contributed by atoms with Gasteiger partial charge in [0, 0.05) is 35.6 Å². The molecule has 5 rings (SSSR count). The number of hydrogen-bond donors (Lipinski definition) is 1. The number of benzene rings is 2. The molecule has 2 aromatic carbocycles. The summed E-state index contributed by atoms with van der Waals surface area (Å²) in [6.45, 7) is 1.37. The van der Waals surface area contributed by atoms with Gasteiger partial charge in [0.15, 0.2) is 0 Å². The van der Waals surface area contributed by atoms with Gasteiger partial charge in [-0.2, -0.15) is 36.3 Å². The van der Waals surface area contributed by atoms with Crippen molar-refractivity contribution in [2.45, 2.75) is 18.4 Å². The first-order valence-corrected chi connectivity index (χ1v) is 10.1. The van der Waals surface area contributed by atoms with Crippen molar-refractivity contribution in [1.82, 2.24) is 25.6 Å². The van der Waals surface area contributed by atoms with E-state index in [0.717, 1.165) is 11.4 Å². The molecule has 8 nitrogen and oxygen atoms in total. The van der Waals surface area contributed by atoms with Crippen molar-refractivity contribution in [2.75, 3.05) is 18.0 Å². The van der Waals surface area contributed by atoms with Gasteiger partial charge >= 0.3 is 24.1 Å². The lowest BCUT2D eigenvalue weighted by Crippen LogP contribution is -2.55. The zero-order valence-electron chi connectivity index (χ0n) is 17.4. The van der Waals surface area contributed by atoms with E-state index in [1.54, 1.807) is 48.5 Å². The Kier molecular flexibility index (Phi) is 5.46. The fraction of sp³-hybridized carbons (Fsp3) is 0.238. The molecule has 2 aromatic heterocycles. The Morgan fingerprint density at radius 1 is 0.686 bits per heavy atom. The Morgan fingerprint density at radius 3 is 1.37 bits per heavy atom. The van der Waals surface area contributed by atoms with Crippen molar-refractivity contribution in [3.05, 3.63) is 60.3 Å². The van der Waals surface area contributed by atoms with Crippen molar-refractivity contribution in [1.29, 1.82) is 0 Å². The van der Waals surface area contributed by atoms with Crippen molar-refractivity contribution < 1.29 is 35.4 Å². The molecule has 0 unspecified atom stereocenters. The summed E-state index contributed by atoms with van der Waals surface area (Å²) < 4.78 is 84.9. The smallest absolute Gasteiger partial charge is 0.336 e. The van der Waals surface area contributed by atoms with E-state index in [-0.39, 0.29) is 17.7 Å². The highest BCUT2D eigenvalue weighted by molar-refractivity contribution is 5.70. The van der Waals surface area contributed by atoms with Gasteiger partial charge in [-0.05, 0) is 48.5 Å². The van der Waals surface area contributed by atoms with Crippen molar-refractivity contribution in [3.8, 4) is 22.8 Å². The number of aromatic nitrogens is 4. The van der Waals surface area contributed by atoms with E-state index in [9.17, 15) is 26.3 Å². The minimum absolute atomic E-state index is 0.0794. The van der Waals surface area contributed by atoms with Gasteiger partial charge in [0.1, 0.15) is 0 Å². The maximum Gasteiger partial charge on any atom is 0.471 e. The minimum Gasteiger partial charge on any atom is -0.336 e. The lowest BCUT2D eigenvalue weighted by atomic mass is 10.1. The van der Waals surface area contributed by atoms with E-state index in [1.165, 1.54) is 0 Å². The first-order chi connectivity index (χ1) is 16.6. The summed E-state index contributed by atoms with van der Waals surface area (Å²) in [5.41, 5.74) is 2.16. The largest absolute Gasteiger partial charge is 0.471 e. The number of nitrogens with one attached hydrogen (secondary N) is 1. The van der Waals surface area contributed by atoms with E-state index in [4.69, 9.17) is 0 Å². The fourth-order valence-electron chi connectivity index (χ4n) is 3.48. The van der Waals surface area contributed by atoms with Crippen LogP contribution in [-0.2, 0) is 12.4 Å². The third-order valence-corrected chi connectivity index (χ3v) is 5.27. The van der Waals surface area contributed by atoms with Crippen LogP contribution in [-0.4, -0.2) is 39.4 Å². The predicted octanol–water partition coefficient (Wildman–Crippen LogP) is 4.93. The van der Waals surface area contributed by atoms with Crippen LogP contribution in [0.5, 0.6) is 0 Å². The maximum absolute atomic E-state index is 12.7. The van der Waals surface area contributed by atoms with Crippen LogP contribution in [0.2, 0.25) is 0 Å². The van der Waals surface area contributed by atoms with E-state index in [1.807, 2.05) is 4.90 Å². The molecule has 0 radical (unpaired) electrons. The minimum atomic E-state index is -4.73. The van der Waals surface area contributed by atoms with Crippen LogP contribution in [0.1, 0.15) is 11.8 Å². The van der Waals surface area contributed by atoms with Gasteiger partial charge in [0.05, 0.1) is 6.04 Å². The lowest BCUT2D eigenvalue weighted by Gasteiger charge is -2.40. The Hall–Kier alpha value is -3.94. The molecule has 0 spiro atoms. The van der Waals surface area contributed by atoms with Crippen LogP contribution >= 0.6 is 0 Å². The average molecular weight is 496 g/mol. The third kappa shape index (κ3) is 4.56. The summed E-state index contributed by atoms with van der Waals surface area (Å²) in [6, 6.07) is 13.2. The van der Waals surface area contributed by atoms with Gasteiger partial charge in [0.25, 0.3) is 0 Å². The summed E-state index contributed by atoms with van der Waals surface area (Å²) in [4.78, 5) is 8.77. The zero-order valence-corrected chi connectivity index (χ0v) is 17.4. The molecule has 1 N–H and O–H groups in total. The Labute approximate surface area is 192 Å². The average Bonchev–Trinajstić information content (AvgIpc) is 3.46. The normalized spacial score (nSPS) is 14.7. The number of hydrogen-bond acceptors (Lipinski definition) is 8. The summed E-state index contributed by atoms with van der Waals surface area (Å²) >= 11 is 0. The summed E-state index contributed by atoms with van der Waals surface area (Å²) in [7, 11) is 0. The van der Waals surface area contributed by atoms with Gasteiger partial charge < -0.3 is 19.3 Å². The predicted molar refractivity (Wildman–Crippen MR) is 108 cm³/mol. The van der Waals surface area contributed by atoms with Gasteiger partial charge in [-0.3, -0.25) is 0 Å². The Balaban J connectivity index is 1.40. The molecule has 1 aliphatic rings. The Morgan fingerprint density at radius 2 is 1.09 bits per heavy atom. The van der Waals surface area contributed by atoms with Crippen LogP contribution in [0.15, 0.2) is 57.6 Å². The number of nitrogens with zero attached hydrogens (tertiary/aromatic N) is 5. The van der Waals surface area contributed by atoms with Gasteiger partial charge in [-0.1, -0.05) is 10.3 Å². The summed E-state index contributed by atoms with van der Waals surface area (Å²) in [5.74, 6) is -3.24. The second kappa shape index (κ2) is 8.37. The van der Waals surface area contributed by atoms with Gasteiger partial charge in [-0.15, -0.1) is 0 Å². The van der Waals surface area contributed by atoms with Crippen LogP contribution in [0.4, 0.5) is 37.7 Å². The van der Waals surface area contributed by atoms with E-state index >= 15 is 0 Å². The molecular weight excluding hydrogens is 482 g/mol. The van der Waals surface area contributed by atoms with Crippen LogP contribution in [0.3, 0.4) is 0 Å². The number of rotatable bonds is 5. The molecule has 0 bridgehead atoms. The topological polar surface area (TPSA) is 93.1 Å². The molecule has 1 aliphatic heterocycles. The van der Waals surface area contributed by atoms with Crippen molar-refractivity contribution >= 4 is 11.4 Å². The molecule has 0 amide bonds. The van der Waals surface area contributed by atoms with E-state index in [2.05, 4.69) is 34.6 Å². The summed E-state index contributed by atoms with van der Waals surface area (Å²) in [5, 5.41) is 9.94. The second-order valence-electron chi connectivity index (χ2n) is 7.62. The molecule has 4 aromatic rings. The first-order valence-electron chi connectivity index (χ1n) is 10.1. The SMILES string of the molecule is FC(F)(F)c1nc(-c2ccc(N(c3ccc(-c4noc(C(F)(F)F)n4)cc3)C3CNC3)cc2)no1. The number of alkyl halides is 6. The third-order valence-electron chi connectivity index (χ3n) is 5.27. The molecule has 1 fully saturated rings. The molecule has 0 saturated carbocycles. The van der Waals surface area contributed by atoms with Gasteiger partial charge in [-0.25, -0.2) is 0 Å². The zero-order chi connectivity index (χ0) is 24.8. The second-order valence-corrected chi connectivity index (χ2v) is 7.62. The number of halogens is 6. The molecule has 1 saturated heterocycles. The molecule has 3 heterocycles. The first kappa shape index (κ1) is 22.8. The fourth-order valence-corrected chi connectivity index (χ4v) is 3.48. The van der Waals surface area contributed by atoms with Crippen molar-refractivity contribution in [3.63, 3.8) is 0 Å². The Bertz CT molecular complexity index is 1210. The molecule has 0 atom stereocenters. The quantitative estimate of drug-likeness (QED) is 0.389. The molecule has 14 heteroatoms. The highest BCUT2D eigenvalue weighted by Crippen LogP contribution is 2.34. The molecular formula is C21H14F6N6O2. The van der Waals surface area contributed by atoms with E-state index in [0.29, 0.717) is 24.2 Å². The van der Waals surface area contributed by atoms with Crippen LogP contribution in [0, 0.1) is 0 Å². The highest BCUT2D eigenvalue weighted by Gasteiger charge is 2.39. The van der Waals surface area contributed by atoms with Gasteiger partial charge in [0.2, 0.25) is 11.6 Å². The van der Waals surface area contributed by atoms with Crippen LogP contribution < -0.4 is 10.2 Å². The van der Waals surface area contributed by atoms with Crippen LogP contribution in [0.25, 0.3) is 22.8 Å². The van der Waals surface area contributed by atoms with E-state index < -0.39 is 24.1 Å².